The summed E-state index contributed by atoms with van der Waals surface area (Å²) in [5.41, 5.74) is 4.35. The lowest BCUT2D eigenvalue weighted by atomic mass is 9.77. The fraction of sp³-hybridized carbons (Fsp3) is 0.367. The molecule has 1 fully saturated rings. The molecule has 0 heterocycles. The average Bonchev–Trinajstić information content (AvgIpc) is 2.85. The van der Waals surface area contributed by atoms with E-state index in [2.05, 4.69) is 31.2 Å². The van der Waals surface area contributed by atoms with Crippen LogP contribution in [0, 0.1) is 5.92 Å². The largest absolute Gasteiger partial charge is 0.507 e. The van der Waals surface area contributed by atoms with Crippen LogP contribution in [0.2, 0.25) is 0 Å². The molecule has 1 aliphatic carbocycles. The first-order valence-electron chi connectivity index (χ1n) is 12.2. The van der Waals surface area contributed by atoms with Crippen molar-refractivity contribution in [2.75, 3.05) is 0 Å². The van der Waals surface area contributed by atoms with E-state index >= 15 is 0 Å². The molecular formula is C30H34O2. The summed E-state index contributed by atoms with van der Waals surface area (Å²) in [5.74, 6) is 1.47. The van der Waals surface area contributed by atoms with Gasteiger partial charge in [0.25, 0.3) is 0 Å². The molecule has 1 N–H and O–H groups in total. The smallest absolute Gasteiger partial charge is 0.196 e. The van der Waals surface area contributed by atoms with E-state index in [9.17, 15) is 9.90 Å². The van der Waals surface area contributed by atoms with Gasteiger partial charge in [-0.2, -0.15) is 0 Å². The maximum atomic E-state index is 12.7. The minimum atomic E-state index is -0.157. The third-order valence-electron chi connectivity index (χ3n) is 7.06. The number of aromatic hydroxyl groups is 1. The maximum absolute atomic E-state index is 12.7. The SMILES string of the molecule is CCCCCC1CCC(c2ccc(-c3ccc(C(=O)c4ccccc4)c(O)c3)cc2)CC1. The molecular weight excluding hydrogens is 392 g/mol. The number of ketones is 1. The van der Waals surface area contributed by atoms with Crippen molar-refractivity contribution in [2.45, 2.75) is 64.2 Å². The zero-order valence-electron chi connectivity index (χ0n) is 19.1. The Bertz CT molecular complexity index is 1010. The molecule has 1 saturated carbocycles. The summed E-state index contributed by atoms with van der Waals surface area (Å²) in [4.78, 5) is 12.7. The molecule has 0 radical (unpaired) electrons. The normalized spacial score (nSPS) is 18.4. The third-order valence-corrected chi connectivity index (χ3v) is 7.06. The van der Waals surface area contributed by atoms with Crippen molar-refractivity contribution in [2.24, 2.45) is 5.92 Å². The molecule has 0 bridgehead atoms. The van der Waals surface area contributed by atoms with Crippen LogP contribution in [0.3, 0.4) is 0 Å². The summed E-state index contributed by atoms with van der Waals surface area (Å²) in [6, 6.07) is 23.2. The van der Waals surface area contributed by atoms with Gasteiger partial charge in [-0.3, -0.25) is 4.79 Å². The van der Waals surface area contributed by atoms with Gasteiger partial charge >= 0.3 is 0 Å². The number of unbranched alkanes of at least 4 members (excludes halogenated alkanes) is 2. The second kappa shape index (κ2) is 10.6. The summed E-state index contributed by atoms with van der Waals surface area (Å²) >= 11 is 0. The second-order valence-corrected chi connectivity index (χ2v) is 9.26. The van der Waals surface area contributed by atoms with Gasteiger partial charge < -0.3 is 5.11 Å². The summed E-state index contributed by atoms with van der Waals surface area (Å²) in [7, 11) is 0. The molecule has 0 atom stereocenters. The highest BCUT2D eigenvalue weighted by Crippen LogP contribution is 2.38. The fourth-order valence-corrected chi connectivity index (χ4v) is 5.06. The molecule has 2 nitrogen and oxygen atoms in total. The molecule has 0 unspecified atom stereocenters. The van der Waals surface area contributed by atoms with Gasteiger partial charge in [-0.25, -0.2) is 0 Å². The van der Waals surface area contributed by atoms with Gasteiger partial charge in [-0.05, 0) is 66.3 Å². The fourth-order valence-electron chi connectivity index (χ4n) is 5.06. The highest BCUT2D eigenvalue weighted by molar-refractivity contribution is 6.10. The van der Waals surface area contributed by atoms with E-state index in [4.69, 9.17) is 0 Å². The van der Waals surface area contributed by atoms with Gasteiger partial charge in [0.1, 0.15) is 5.75 Å². The summed E-state index contributed by atoms with van der Waals surface area (Å²) in [6.45, 7) is 2.28. The Morgan fingerprint density at radius 2 is 1.53 bits per heavy atom. The van der Waals surface area contributed by atoms with Crippen LogP contribution in [0.25, 0.3) is 11.1 Å². The topological polar surface area (TPSA) is 37.3 Å². The lowest BCUT2D eigenvalue weighted by molar-refractivity contribution is 0.103. The number of hydrogen-bond donors (Lipinski definition) is 1. The molecule has 166 valence electrons. The molecule has 1 aliphatic rings. The molecule has 0 aliphatic heterocycles. The van der Waals surface area contributed by atoms with Crippen molar-refractivity contribution >= 4 is 5.78 Å². The van der Waals surface area contributed by atoms with Crippen molar-refractivity contribution in [1.29, 1.82) is 0 Å². The summed E-state index contributed by atoms with van der Waals surface area (Å²) in [5, 5.41) is 10.5. The van der Waals surface area contributed by atoms with Crippen LogP contribution in [0.4, 0.5) is 0 Å². The second-order valence-electron chi connectivity index (χ2n) is 9.26. The van der Waals surface area contributed by atoms with Crippen LogP contribution in [-0.4, -0.2) is 10.9 Å². The Balaban J connectivity index is 1.40. The number of carbonyl (C=O) groups is 1. The van der Waals surface area contributed by atoms with E-state index in [0.29, 0.717) is 17.0 Å². The first kappa shape index (κ1) is 22.3. The van der Waals surface area contributed by atoms with Crippen molar-refractivity contribution in [3.63, 3.8) is 0 Å². The van der Waals surface area contributed by atoms with Crippen molar-refractivity contribution in [3.8, 4) is 16.9 Å². The number of benzene rings is 3. The first-order valence-corrected chi connectivity index (χ1v) is 12.2. The minimum Gasteiger partial charge on any atom is -0.507 e. The molecule has 0 saturated heterocycles. The first-order chi connectivity index (χ1) is 15.7. The number of phenols is 1. The van der Waals surface area contributed by atoms with E-state index in [1.54, 1.807) is 24.3 Å². The van der Waals surface area contributed by atoms with Crippen molar-refractivity contribution < 1.29 is 9.90 Å². The van der Waals surface area contributed by atoms with Gasteiger partial charge in [0.05, 0.1) is 5.56 Å². The van der Waals surface area contributed by atoms with E-state index in [-0.39, 0.29) is 11.5 Å². The van der Waals surface area contributed by atoms with Crippen molar-refractivity contribution in [1.82, 2.24) is 0 Å². The Morgan fingerprint density at radius 1 is 0.844 bits per heavy atom. The third kappa shape index (κ3) is 5.30. The quantitative estimate of drug-likeness (QED) is 0.291. The molecule has 2 heteroatoms. The van der Waals surface area contributed by atoms with Crippen LogP contribution in [-0.2, 0) is 0 Å². The standard InChI is InChI=1S/C30H34O2/c1-2-3-5-8-22-11-13-23(14-12-22)24-15-17-25(18-16-24)27-19-20-28(29(31)21-27)30(32)26-9-6-4-7-10-26/h4,6-7,9-10,15-23,31H,2-3,5,8,11-14H2,1H3. The molecule has 3 aromatic carbocycles. The summed E-state index contributed by atoms with van der Waals surface area (Å²) in [6.07, 6.45) is 10.8. The average molecular weight is 427 g/mol. The molecule has 0 spiro atoms. The predicted molar refractivity (Wildman–Crippen MR) is 132 cm³/mol. The number of hydrogen-bond acceptors (Lipinski definition) is 2. The molecule has 4 rings (SSSR count). The lowest BCUT2D eigenvalue weighted by Gasteiger charge is -2.29. The van der Waals surface area contributed by atoms with Gasteiger partial charge in [0.2, 0.25) is 0 Å². The van der Waals surface area contributed by atoms with Crippen LogP contribution >= 0.6 is 0 Å². The summed E-state index contributed by atoms with van der Waals surface area (Å²) < 4.78 is 0. The van der Waals surface area contributed by atoms with Gasteiger partial charge in [0, 0.05) is 5.56 Å². The number of rotatable bonds is 8. The van der Waals surface area contributed by atoms with Crippen LogP contribution in [0.1, 0.15) is 85.7 Å². The van der Waals surface area contributed by atoms with Crippen molar-refractivity contribution in [3.05, 3.63) is 89.5 Å². The van der Waals surface area contributed by atoms with Gasteiger partial charge in [-0.1, -0.05) is 93.3 Å². The van der Waals surface area contributed by atoms with Gasteiger partial charge in [-0.15, -0.1) is 0 Å². The Hall–Kier alpha value is -2.87. The lowest BCUT2D eigenvalue weighted by Crippen LogP contribution is -2.13. The van der Waals surface area contributed by atoms with Gasteiger partial charge in [0.15, 0.2) is 5.78 Å². The molecule has 0 aromatic heterocycles. The Labute approximate surface area is 192 Å². The van der Waals surface area contributed by atoms with Crippen LogP contribution in [0.5, 0.6) is 5.75 Å². The predicted octanol–water partition coefficient (Wildman–Crippen LogP) is 8.14. The number of phenolic OH excluding ortho intramolecular Hbond substituents is 1. The monoisotopic (exact) mass is 426 g/mol. The number of carbonyl (C=O) groups excluding carboxylic acids is 1. The highest BCUT2D eigenvalue weighted by Gasteiger charge is 2.22. The van der Waals surface area contributed by atoms with Crippen LogP contribution < -0.4 is 0 Å². The van der Waals surface area contributed by atoms with E-state index in [1.165, 1.54) is 56.9 Å². The Morgan fingerprint density at radius 3 is 2.19 bits per heavy atom. The van der Waals surface area contributed by atoms with E-state index in [0.717, 1.165) is 17.0 Å². The molecule has 0 amide bonds. The molecule has 3 aromatic rings. The molecule has 32 heavy (non-hydrogen) atoms. The van der Waals surface area contributed by atoms with E-state index in [1.807, 2.05) is 24.3 Å². The zero-order valence-corrected chi connectivity index (χ0v) is 19.1. The zero-order chi connectivity index (χ0) is 22.3. The van der Waals surface area contributed by atoms with E-state index < -0.39 is 0 Å². The Kier molecular flexibility index (Phi) is 7.42. The minimum absolute atomic E-state index is 0.0295. The maximum Gasteiger partial charge on any atom is 0.196 e. The van der Waals surface area contributed by atoms with Crippen LogP contribution in [0.15, 0.2) is 72.8 Å². The highest BCUT2D eigenvalue weighted by atomic mass is 16.3.